The summed E-state index contributed by atoms with van der Waals surface area (Å²) >= 11 is 5.28. The highest BCUT2D eigenvalue weighted by atomic mass is 127. The van der Waals surface area contributed by atoms with E-state index < -0.39 is 0 Å². The van der Waals surface area contributed by atoms with Crippen molar-refractivity contribution in [1.29, 1.82) is 0 Å². The Bertz CT molecular complexity index is 466. The highest BCUT2D eigenvalue weighted by molar-refractivity contribution is 14.0. The standard InChI is InChI=1S/C16H26BrN3OS.HI/c1-2-18-16(19-9-3-11-21-12-13-4-5-13)20-10-8-14-6-7-15(17)22-14;/h6-7,13H,2-5,8-12H2,1H3,(H2,18,19,20);1H. The Morgan fingerprint density at radius 1 is 1.39 bits per heavy atom. The average molecular weight is 516 g/mol. The lowest BCUT2D eigenvalue weighted by atomic mass is 10.3. The van der Waals surface area contributed by atoms with Gasteiger partial charge in [-0.2, -0.15) is 0 Å². The van der Waals surface area contributed by atoms with Crippen molar-refractivity contribution < 1.29 is 4.74 Å². The van der Waals surface area contributed by atoms with Crippen LogP contribution in [-0.4, -0.2) is 38.8 Å². The maximum atomic E-state index is 5.63. The van der Waals surface area contributed by atoms with Gasteiger partial charge in [-0.3, -0.25) is 4.99 Å². The minimum Gasteiger partial charge on any atom is -0.381 e. The molecular weight excluding hydrogens is 489 g/mol. The lowest BCUT2D eigenvalue weighted by Crippen LogP contribution is -2.38. The highest BCUT2D eigenvalue weighted by Gasteiger charge is 2.20. The largest absolute Gasteiger partial charge is 0.381 e. The van der Waals surface area contributed by atoms with Crippen LogP contribution in [0.4, 0.5) is 0 Å². The summed E-state index contributed by atoms with van der Waals surface area (Å²) in [6, 6.07) is 4.26. The second kappa shape index (κ2) is 12.5. The predicted molar refractivity (Wildman–Crippen MR) is 113 cm³/mol. The first-order valence-corrected chi connectivity index (χ1v) is 9.73. The monoisotopic (exact) mass is 515 g/mol. The summed E-state index contributed by atoms with van der Waals surface area (Å²) in [5.74, 6) is 1.75. The fraction of sp³-hybridized carbons (Fsp3) is 0.688. The van der Waals surface area contributed by atoms with Gasteiger partial charge in [0.05, 0.1) is 3.79 Å². The van der Waals surface area contributed by atoms with Crippen LogP contribution >= 0.6 is 51.2 Å². The van der Waals surface area contributed by atoms with E-state index in [4.69, 9.17) is 4.74 Å². The van der Waals surface area contributed by atoms with E-state index in [-0.39, 0.29) is 24.0 Å². The Morgan fingerprint density at radius 2 is 2.22 bits per heavy atom. The van der Waals surface area contributed by atoms with Gasteiger partial charge in [0.1, 0.15) is 0 Å². The molecule has 1 aromatic heterocycles. The molecule has 1 fully saturated rings. The molecule has 0 amide bonds. The van der Waals surface area contributed by atoms with E-state index in [1.165, 1.54) is 21.5 Å². The van der Waals surface area contributed by atoms with Crippen LogP contribution in [0.15, 0.2) is 20.9 Å². The molecule has 0 atom stereocenters. The van der Waals surface area contributed by atoms with E-state index in [2.05, 4.69) is 50.6 Å². The first-order chi connectivity index (χ1) is 10.8. The summed E-state index contributed by atoms with van der Waals surface area (Å²) in [4.78, 5) is 5.97. The van der Waals surface area contributed by atoms with Gasteiger partial charge in [-0.1, -0.05) is 0 Å². The van der Waals surface area contributed by atoms with Gasteiger partial charge in [-0.15, -0.1) is 35.3 Å². The Morgan fingerprint density at radius 3 is 2.87 bits per heavy atom. The zero-order chi connectivity index (χ0) is 15.6. The molecule has 1 aliphatic rings. The van der Waals surface area contributed by atoms with Crippen LogP contribution in [0.5, 0.6) is 0 Å². The Labute approximate surface area is 169 Å². The van der Waals surface area contributed by atoms with Crippen molar-refractivity contribution in [3.8, 4) is 0 Å². The molecule has 132 valence electrons. The topological polar surface area (TPSA) is 45.7 Å². The second-order valence-corrected chi connectivity index (χ2v) is 8.06. The molecule has 1 aromatic rings. The van der Waals surface area contributed by atoms with Gasteiger partial charge in [0.25, 0.3) is 0 Å². The first-order valence-electron chi connectivity index (χ1n) is 8.12. The van der Waals surface area contributed by atoms with Crippen LogP contribution < -0.4 is 10.6 Å². The van der Waals surface area contributed by atoms with Crippen LogP contribution in [-0.2, 0) is 11.2 Å². The number of aliphatic imine (C=N–C) groups is 1. The van der Waals surface area contributed by atoms with E-state index in [9.17, 15) is 0 Å². The van der Waals surface area contributed by atoms with E-state index in [1.54, 1.807) is 11.3 Å². The summed E-state index contributed by atoms with van der Waals surface area (Å²) in [6.45, 7) is 6.45. The summed E-state index contributed by atoms with van der Waals surface area (Å²) in [5.41, 5.74) is 0. The zero-order valence-corrected chi connectivity index (χ0v) is 18.4. The SMILES string of the molecule is CCNC(=NCCCOCC1CC1)NCCc1ccc(Br)s1.I. The Balaban J connectivity index is 0.00000264. The maximum Gasteiger partial charge on any atom is 0.191 e. The molecule has 1 aliphatic carbocycles. The number of halogens is 2. The molecule has 0 unspecified atom stereocenters. The third kappa shape index (κ3) is 9.89. The van der Waals surface area contributed by atoms with Crippen LogP contribution in [0.1, 0.15) is 31.1 Å². The van der Waals surface area contributed by atoms with Crippen molar-refractivity contribution in [3.05, 3.63) is 20.8 Å². The van der Waals surface area contributed by atoms with Crippen LogP contribution in [0.2, 0.25) is 0 Å². The number of ether oxygens (including phenoxy) is 1. The molecule has 2 rings (SSSR count). The first kappa shape index (κ1) is 21.2. The quantitative estimate of drug-likeness (QED) is 0.214. The number of hydrogen-bond donors (Lipinski definition) is 2. The minimum atomic E-state index is 0. The number of nitrogens with one attached hydrogen (secondary N) is 2. The number of rotatable bonds is 10. The van der Waals surface area contributed by atoms with Crippen molar-refractivity contribution in [2.75, 3.05) is 32.8 Å². The molecule has 0 aliphatic heterocycles. The lowest BCUT2D eigenvalue weighted by molar-refractivity contribution is 0.123. The van der Waals surface area contributed by atoms with E-state index in [0.717, 1.165) is 57.6 Å². The molecule has 4 nitrogen and oxygen atoms in total. The molecule has 0 aromatic carbocycles. The van der Waals surface area contributed by atoms with Gasteiger partial charge >= 0.3 is 0 Å². The van der Waals surface area contributed by atoms with E-state index in [1.807, 2.05) is 0 Å². The lowest BCUT2D eigenvalue weighted by Gasteiger charge is -2.10. The Hall–Kier alpha value is 0.140. The fourth-order valence-electron chi connectivity index (χ4n) is 2.02. The molecule has 0 bridgehead atoms. The number of nitrogens with zero attached hydrogens (tertiary/aromatic N) is 1. The molecule has 23 heavy (non-hydrogen) atoms. The summed E-state index contributed by atoms with van der Waals surface area (Å²) < 4.78 is 6.82. The van der Waals surface area contributed by atoms with Crippen LogP contribution in [0.3, 0.4) is 0 Å². The zero-order valence-electron chi connectivity index (χ0n) is 13.6. The molecule has 0 saturated heterocycles. The third-order valence-corrected chi connectivity index (χ3v) is 5.09. The minimum absolute atomic E-state index is 0. The molecule has 0 spiro atoms. The van der Waals surface area contributed by atoms with Gasteiger partial charge in [0, 0.05) is 37.7 Å². The van der Waals surface area contributed by atoms with E-state index >= 15 is 0 Å². The van der Waals surface area contributed by atoms with Gasteiger partial charge in [0.2, 0.25) is 0 Å². The highest BCUT2D eigenvalue weighted by Crippen LogP contribution is 2.28. The van der Waals surface area contributed by atoms with Gasteiger partial charge < -0.3 is 15.4 Å². The maximum absolute atomic E-state index is 5.63. The molecule has 0 radical (unpaired) electrons. The fourth-order valence-corrected chi connectivity index (χ4v) is 3.51. The Kier molecular flexibility index (Phi) is 11.5. The molecule has 1 heterocycles. The molecular formula is C16H27BrIN3OS. The van der Waals surface area contributed by atoms with Crippen LogP contribution in [0, 0.1) is 5.92 Å². The third-order valence-electron chi connectivity index (χ3n) is 3.40. The summed E-state index contributed by atoms with van der Waals surface area (Å²) in [6.07, 6.45) is 4.72. The summed E-state index contributed by atoms with van der Waals surface area (Å²) in [5, 5.41) is 6.67. The average Bonchev–Trinajstić information content (AvgIpc) is 3.24. The number of thiophene rings is 1. The predicted octanol–water partition coefficient (Wildman–Crippen LogP) is 4.04. The van der Waals surface area contributed by atoms with E-state index in [0.29, 0.717) is 0 Å². The van der Waals surface area contributed by atoms with Gasteiger partial charge in [0.15, 0.2) is 5.96 Å². The van der Waals surface area contributed by atoms with Gasteiger partial charge in [-0.05, 0) is 66.6 Å². The number of guanidine groups is 1. The van der Waals surface area contributed by atoms with Gasteiger partial charge in [-0.25, -0.2) is 0 Å². The molecule has 2 N–H and O–H groups in total. The van der Waals surface area contributed by atoms with Crippen molar-refractivity contribution in [3.63, 3.8) is 0 Å². The van der Waals surface area contributed by atoms with Crippen LogP contribution in [0.25, 0.3) is 0 Å². The van der Waals surface area contributed by atoms with Crippen molar-refractivity contribution >= 4 is 57.2 Å². The molecule has 7 heteroatoms. The number of hydrogen-bond acceptors (Lipinski definition) is 3. The van der Waals surface area contributed by atoms with Crippen molar-refractivity contribution in [2.24, 2.45) is 10.9 Å². The second-order valence-electron chi connectivity index (χ2n) is 5.52. The smallest absolute Gasteiger partial charge is 0.191 e. The van der Waals surface area contributed by atoms with Crippen molar-refractivity contribution in [2.45, 2.75) is 32.6 Å². The van der Waals surface area contributed by atoms with Crippen molar-refractivity contribution in [1.82, 2.24) is 10.6 Å². The molecule has 1 saturated carbocycles. The summed E-state index contributed by atoms with van der Waals surface area (Å²) in [7, 11) is 0. The normalized spacial score (nSPS) is 14.4.